The molecule has 20 heavy (non-hydrogen) atoms. The van der Waals surface area contributed by atoms with Crippen LogP contribution in [0.4, 0.5) is 5.69 Å². The minimum Gasteiger partial charge on any atom is -0.463 e. The molecule has 2 rings (SSSR count). The van der Waals surface area contributed by atoms with Crippen LogP contribution in [0.5, 0.6) is 0 Å². The third kappa shape index (κ3) is 3.15. The maximum Gasteiger partial charge on any atom is 0.293 e. The molecular weight excluding hydrogens is 254 g/mol. The first-order chi connectivity index (χ1) is 9.61. The lowest BCUT2D eigenvalue weighted by Gasteiger charge is -2.10. The Hall–Kier alpha value is -2.36. The highest BCUT2D eigenvalue weighted by Gasteiger charge is 2.08. The number of hydrogen-bond acceptors (Lipinski definition) is 3. The predicted octanol–water partition coefficient (Wildman–Crippen LogP) is 3.11. The lowest BCUT2D eigenvalue weighted by atomic mass is 10.0. The summed E-state index contributed by atoms with van der Waals surface area (Å²) in [6.07, 6.45) is 0. The molecule has 4 heteroatoms. The highest BCUT2D eigenvalue weighted by Crippen LogP contribution is 2.23. The van der Waals surface area contributed by atoms with E-state index in [1.165, 1.54) is 0 Å². The van der Waals surface area contributed by atoms with E-state index >= 15 is 0 Å². The van der Waals surface area contributed by atoms with Crippen LogP contribution in [0, 0.1) is 5.92 Å². The standard InChI is InChI=1S/C16H17NO3/c1-11(2)16(19)17-14-7-6-12-4-3-5-13(9-20-10-18)15(12)8-14/h3-8,10-11H,9H2,1-2H3,(H,17,19). The minimum atomic E-state index is -0.0701. The number of benzene rings is 2. The van der Waals surface area contributed by atoms with Crippen molar-refractivity contribution in [2.75, 3.05) is 5.32 Å². The molecule has 0 spiro atoms. The molecule has 104 valence electrons. The maximum absolute atomic E-state index is 11.7. The lowest BCUT2D eigenvalue weighted by molar-refractivity contribution is -0.129. The lowest BCUT2D eigenvalue weighted by Crippen LogP contribution is -2.17. The summed E-state index contributed by atoms with van der Waals surface area (Å²) in [7, 11) is 0. The van der Waals surface area contributed by atoms with E-state index in [-0.39, 0.29) is 18.4 Å². The molecule has 0 unspecified atom stereocenters. The molecule has 0 aliphatic heterocycles. The van der Waals surface area contributed by atoms with Gasteiger partial charge in [0.05, 0.1) is 0 Å². The van der Waals surface area contributed by atoms with Crippen molar-refractivity contribution in [2.45, 2.75) is 20.5 Å². The van der Waals surface area contributed by atoms with Crippen molar-refractivity contribution in [3.8, 4) is 0 Å². The van der Waals surface area contributed by atoms with Crippen LogP contribution in [0.3, 0.4) is 0 Å². The van der Waals surface area contributed by atoms with Gasteiger partial charge in [0.25, 0.3) is 6.47 Å². The van der Waals surface area contributed by atoms with Crippen LogP contribution in [0.25, 0.3) is 10.8 Å². The van der Waals surface area contributed by atoms with Gasteiger partial charge in [0.1, 0.15) is 6.61 Å². The van der Waals surface area contributed by atoms with E-state index in [2.05, 4.69) is 5.32 Å². The Kier molecular flexibility index (Phi) is 4.35. The van der Waals surface area contributed by atoms with Crippen molar-refractivity contribution in [3.63, 3.8) is 0 Å². The molecule has 2 aromatic rings. The predicted molar refractivity (Wildman–Crippen MR) is 78.3 cm³/mol. The molecule has 4 nitrogen and oxygen atoms in total. The second-order valence-electron chi connectivity index (χ2n) is 4.90. The number of amides is 1. The Morgan fingerprint density at radius 2 is 2.10 bits per heavy atom. The fraction of sp³-hybridized carbons (Fsp3) is 0.250. The van der Waals surface area contributed by atoms with Crippen molar-refractivity contribution in [2.24, 2.45) is 5.92 Å². The number of ether oxygens (including phenoxy) is 1. The highest BCUT2D eigenvalue weighted by molar-refractivity contribution is 5.96. The first-order valence-corrected chi connectivity index (χ1v) is 6.49. The summed E-state index contributed by atoms with van der Waals surface area (Å²) in [5, 5.41) is 4.88. The summed E-state index contributed by atoms with van der Waals surface area (Å²) >= 11 is 0. The number of nitrogens with one attached hydrogen (secondary N) is 1. The van der Waals surface area contributed by atoms with E-state index < -0.39 is 0 Å². The molecule has 1 amide bonds. The average molecular weight is 271 g/mol. The Balaban J connectivity index is 2.35. The monoisotopic (exact) mass is 271 g/mol. The Morgan fingerprint density at radius 1 is 1.30 bits per heavy atom. The van der Waals surface area contributed by atoms with Crippen molar-refractivity contribution in [3.05, 3.63) is 42.0 Å². The third-order valence-electron chi connectivity index (χ3n) is 3.07. The van der Waals surface area contributed by atoms with E-state index in [9.17, 15) is 9.59 Å². The number of hydrogen-bond donors (Lipinski definition) is 1. The molecule has 0 fully saturated rings. The molecule has 2 aromatic carbocycles. The number of rotatable bonds is 5. The normalized spacial score (nSPS) is 10.6. The van der Waals surface area contributed by atoms with Gasteiger partial charge in [0, 0.05) is 11.6 Å². The summed E-state index contributed by atoms with van der Waals surface area (Å²) in [5.41, 5.74) is 1.66. The number of carbonyl (C=O) groups is 2. The smallest absolute Gasteiger partial charge is 0.293 e. The van der Waals surface area contributed by atoms with Crippen molar-refractivity contribution in [1.82, 2.24) is 0 Å². The van der Waals surface area contributed by atoms with Gasteiger partial charge in [-0.3, -0.25) is 9.59 Å². The van der Waals surface area contributed by atoms with Crippen LogP contribution in [0.2, 0.25) is 0 Å². The van der Waals surface area contributed by atoms with Gasteiger partial charge in [0.15, 0.2) is 0 Å². The zero-order valence-corrected chi connectivity index (χ0v) is 11.6. The van der Waals surface area contributed by atoms with Crippen LogP contribution in [0.1, 0.15) is 19.4 Å². The summed E-state index contributed by atoms with van der Waals surface area (Å²) in [6, 6.07) is 11.5. The number of fused-ring (bicyclic) bond motifs is 1. The summed E-state index contributed by atoms with van der Waals surface area (Å²) < 4.78 is 4.82. The fourth-order valence-corrected chi connectivity index (χ4v) is 1.95. The first-order valence-electron chi connectivity index (χ1n) is 6.49. The first kappa shape index (κ1) is 14.1. The molecule has 0 aliphatic carbocycles. The average Bonchev–Trinajstić information content (AvgIpc) is 2.44. The van der Waals surface area contributed by atoms with Gasteiger partial charge in [-0.2, -0.15) is 0 Å². The Labute approximate surface area is 117 Å². The zero-order valence-electron chi connectivity index (χ0n) is 11.6. The zero-order chi connectivity index (χ0) is 14.5. The maximum atomic E-state index is 11.7. The van der Waals surface area contributed by atoms with E-state index in [0.29, 0.717) is 6.47 Å². The van der Waals surface area contributed by atoms with Crippen LogP contribution >= 0.6 is 0 Å². The highest BCUT2D eigenvalue weighted by atomic mass is 16.5. The van der Waals surface area contributed by atoms with E-state index in [0.717, 1.165) is 22.0 Å². The molecule has 0 aliphatic rings. The topological polar surface area (TPSA) is 55.4 Å². The van der Waals surface area contributed by atoms with E-state index in [4.69, 9.17) is 4.74 Å². The number of carbonyl (C=O) groups excluding carboxylic acids is 2. The molecule has 0 saturated carbocycles. The van der Waals surface area contributed by atoms with Gasteiger partial charge < -0.3 is 10.1 Å². The van der Waals surface area contributed by atoms with Crippen molar-refractivity contribution in [1.29, 1.82) is 0 Å². The molecule has 1 N–H and O–H groups in total. The van der Waals surface area contributed by atoms with Gasteiger partial charge in [-0.05, 0) is 28.5 Å². The van der Waals surface area contributed by atoms with Crippen molar-refractivity contribution >= 4 is 28.8 Å². The summed E-state index contributed by atoms with van der Waals surface area (Å²) in [6.45, 7) is 4.35. The van der Waals surface area contributed by atoms with E-state index in [1.54, 1.807) is 0 Å². The summed E-state index contributed by atoms with van der Waals surface area (Å²) in [4.78, 5) is 22.0. The number of anilines is 1. The largest absolute Gasteiger partial charge is 0.463 e. The molecule has 0 radical (unpaired) electrons. The molecule has 0 aromatic heterocycles. The Morgan fingerprint density at radius 3 is 2.80 bits per heavy atom. The Bertz CT molecular complexity index is 635. The minimum absolute atomic E-state index is 0.0222. The second kappa shape index (κ2) is 6.19. The molecule has 0 bridgehead atoms. The van der Waals surface area contributed by atoms with Gasteiger partial charge in [-0.25, -0.2) is 0 Å². The second-order valence-corrected chi connectivity index (χ2v) is 4.90. The molecule has 0 saturated heterocycles. The SMILES string of the molecule is CC(C)C(=O)Nc1ccc2cccc(COC=O)c2c1. The van der Waals surface area contributed by atoms with Crippen LogP contribution in [0.15, 0.2) is 36.4 Å². The quantitative estimate of drug-likeness (QED) is 0.850. The van der Waals surface area contributed by atoms with E-state index in [1.807, 2.05) is 50.2 Å². The van der Waals surface area contributed by atoms with Crippen LogP contribution in [-0.4, -0.2) is 12.4 Å². The fourth-order valence-electron chi connectivity index (χ4n) is 1.95. The van der Waals surface area contributed by atoms with Crippen molar-refractivity contribution < 1.29 is 14.3 Å². The molecular formula is C16H17NO3. The van der Waals surface area contributed by atoms with Gasteiger partial charge >= 0.3 is 0 Å². The van der Waals surface area contributed by atoms with Crippen LogP contribution in [-0.2, 0) is 20.9 Å². The van der Waals surface area contributed by atoms with Gasteiger partial charge in [0.2, 0.25) is 5.91 Å². The van der Waals surface area contributed by atoms with Crippen LogP contribution < -0.4 is 5.32 Å². The third-order valence-corrected chi connectivity index (χ3v) is 3.07. The van der Waals surface area contributed by atoms with Gasteiger partial charge in [-0.1, -0.05) is 38.1 Å². The molecule has 0 atom stereocenters. The summed E-state index contributed by atoms with van der Waals surface area (Å²) in [5.74, 6) is -0.0923. The molecule has 0 heterocycles. The van der Waals surface area contributed by atoms with Gasteiger partial charge in [-0.15, -0.1) is 0 Å².